The average Bonchev–Trinajstić information content (AvgIpc) is 3.20. The topological polar surface area (TPSA) is 60.2 Å². The molecule has 1 aliphatic heterocycles. The molecule has 4 rings (SSSR count). The third-order valence-corrected chi connectivity index (χ3v) is 6.39. The van der Waals surface area contributed by atoms with E-state index in [1.807, 2.05) is 37.1 Å². The van der Waals surface area contributed by atoms with Crippen molar-refractivity contribution >= 4 is 5.91 Å². The molecule has 0 radical (unpaired) electrons. The monoisotopic (exact) mass is 446 g/mol. The molecule has 174 valence electrons. The van der Waals surface area contributed by atoms with Gasteiger partial charge in [0.1, 0.15) is 11.4 Å². The first-order valence-electron chi connectivity index (χ1n) is 11.6. The zero-order chi connectivity index (χ0) is 23.8. The van der Waals surface area contributed by atoms with Crippen LogP contribution >= 0.6 is 0 Å². The first-order valence-corrected chi connectivity index (χ1v) is 11.6. The Kier molecular flexibility index (Phi) is 6.28. The van der Waals surface area contributed by atoms with E-state index in [0.717, 1.165) is 53.3 Å². The van der Waals surface area contributed by atoms with Gasteiger partial charge < -0.3 is 9.64 Å². The van der Waals surface area contributed by atoms with Crippen molar-refractivity contribution in [1.29, 1.82) is 0 Å². The number of methoxy groups -OCH3 is 1. The molecule has 0 N–H and O–H groups in total. The Morgan fingerprint density at radius 1 is 1.09 bits per heavy atom. The van der Waals surface area contributed by atoms with Gasteiger partial charge >= 0.3 is 0 Å². The minimum Gasteiger partial charge on any atom is -0.497 e. The van der Waals surface area contributed by atoms with Gasteiger partial charge in [-0.15, -0.1) is 0 Å². The number of aryl methyl sites for hydroxylation is 2. The zero-order valence-electron chi connectivity index (χ0n) is 20.6. The molecule has 1 amide bonds. The minimum atomic E-state index is -0.0932. The number of ether oxygens (including phenoxy) is 1. The van der Waals surface area contributed by atoms with Gasteiger partial charge in [-0.3, -0.25) is 14.5 Å². The van der Waals surface area contributed by atoms with Crippen LogP contribution in [0.1, 0.15) is 67.1 Å². The number of carbonyl (C=O) groups is 1. The molecular formula is C27H34N4O2. The highest BCUT2D eigenvalue weighted by molar-refractivity contribution is 5.93. The fourth-order valence-electron chi connectivity index (χ4n) is 4.45. The lowest BCUT2D eigenvalue weighted by Gasteiger charge is -2.32. The zero-order valence-corrected chi connectivity index (χ0v) is 20.6. The van der Waals surface area contributed by atoms with Crippen LogP contribution in [0.5, 0.6) is 5.75 Å². The van der Waals surface area contributed by atoms with Gasteiger partial charge in [0.25, 0.3) is 5.91 Å². The van der Waals surface area contributed by atoms with E-state index >= 15 is 0 Å². The van der Waals surface area contributed by atoms with Crippen LogP contribution in [-0.2, 0) is 12.5 Å². The number of benzene rings is 1. The molecule has 2 aromatic heterocycles. The molecule has 1 saturated heterocycles. The largest absolute Gasteiger partial charge is 0.497 e. The summed E-state index contributed by atoms with van der Waals surface area (Å²) in [7, 11) is 3.53. The summed E-state index contributed by atoms with van der Waals surface area (Å²) in [5, 5.41) is 4.59. The van der Waals surface area contributed by atoms with Crippen molar-refractivity contribution in [3.05, 3.63) is 65.2 Å². The van der Waals surface area contributed by atoms with Crippen molar-refractivity contribution in [2.75, 3.05) is 20.2 Å². The molecule has 33 heavy (non-hydrogen) atoms. The Morgan fingerprint density at radius 3 is 2.45 bits per heavy atom. The van der Waals surface area contributed by atoms with E-state index in [9.17, 15) is 4.79 Å². The van der Waals surface area contributed by atoms with E-state index in [1.54, 1.807) is 11.8 Å². The lowest BCUT2D eigenvalue weighted by atomic mass is 9.91. The molecule has 1 unspecified atom stereocenters. The molecule has 0 saturated carbocycles. The first kappa shape index (κ1) is 23.0. The van der Waals surface area contributed by atoms with Crippen LogP contribution in [0.15, 0.2) is 42.5 Å². The number of rotatable bonds is 4. The van der Waals surface area contributed by atoms with Gasteiger partial charge in [-0.25, -0.2) is 0 Å². The number of pyridine rings is 1. The number of piperidine rings is 1. The highest BCUT2D eigenvalue weighted by Gasteiger charge is 2.29. The minimum absolute atomic E-state index is 0.0493. The van der Waals surface area contributed by atoms with Crippen LogP contribution in [0.2, 0.25) is 0 Å². The van der Waals surface area contributed by atoms with E-state index in [1.165, 1.54) is 0 Å². The highest BCUT2D eigenvalue weighted by Crippen LogP contribution is 2.31. The molecule has 6 heteroatoms. The Hall–Kier alpha value is -3.15. The van der Waals surface area contributed by atoms with E-state index in [-0.39, 0.29) is 17.2 Å². The number of amides is 1. The first-order chi connectivity index (χ1) is 15.7. The highest BCUT2D eigenvalue weighted by atomic mass is 16.5. The SMILES string of the molecule is COc1ccc(-c2cc(C)nc(C3CCCN(C(=O)c4cc(C(C)(C)C)nn4C)C3)c2)cc1. The number of nitrogens with zero attached hydrogens (tertiary/aromatic N) is 4. The van der Waals surface area contributed by atoms with Gasteiger partial charge in [0, 0.05) is 42.9 Å². The Bertz CT molecular complexity index is 1140. The Balaban J connectivity index is 1.57. The van der Waals surface area contributed by atoms with Crippen LogP contribution in [-0.4, -0.2) is 45.8 Å². The molecule has 6 nitrogen and oxygen atoms in total. The van der Waals surface area contributed by atoms with Crippen LogP contribution in [0.4, 0.5) is 0 Å². The number of aromatic nitrogens is 3. The van der Waals surface area contributed by atoms with Crippen molar-refractivity contribution in [3.8, 4) is 16.9 Å². The van der Waals surface area contributed by atoms with Crippen LogP contribution in [0, 0.1) is 6.92 Å². The number of likely N-dealkylation sites (tertiary alicyclic amines) is 1. The van der Waals surface area contributed by atoms with Crippen molar-refractivity contribution < 1.29 is 9.53 Å². The molecule has 1 atom stereocenters. The number of hydrogen-bond donors (Lipinski definition) is 0. The maximum Gasteiger partial charge on any atom is 0.272 e. The summed E-state index contributed by atoms with van der Waals surface area (Å²) in [5.41, 5.74) is 5.82. The second-order valence-corrected chi connectivity index (χ2v) is 10.0. The number of hydrogen-bond acceptors (Lipinski definition) is 4. The van der Waals surface area contributed by atoms with Crippen molar-refractivity contribution in [1.82, 2.24) is 19.7 Å². The van der Waals surface area contributed by atoms with E-state index in [4.69, 9.17) is 9.72 Å². The predicted octanol–water partition coefficient (Wildman–Crippen LogP) is 5.12. The molecule has 0 aliphatic carbocycles. The molecule has 3 aromatic rings. The maximum absolute atomic E-state index is 13.4. The maximum atomic E-state index is 13.4. The quantitative estimate of drug-likeness (QED) is 0.558. The summed E-state index contributed by atoms with van der Waals surface area (Å²) in [4.78, 5) is 20.2. The third kappa shape index (κ3) is 4.95. The summed E-state index contributed by atoms with van der Waals surface area (Å²) >= 11 is 0. The van der Waals surface area contributed by atoms with E-state index in [2.05, 4.69) is 50.1 Å². The molecule has 1 aliphatic rings. The van der Waals surface area contributed by atoms with Crippen molar-refractivity contribution in [2.24, 2.45) is 7.05 Å². The van der Waals surface area contributed by atoms with Gasteiger partial charge in [-0.1, -0.05) is 32.9 Å². The lowest BCUT2D eigenvalue weighted by Crippen LogP contribution is -2.40. The summed E-state index contributed by atoms with van der Waals surface area (Å²) < 4.78 is 7.01. The standard InChI is InChI=1S/C27H34N4O2/c1-18-14-21(19-9-11-22(33-6)12-10-19)15-23(28-18)20-8-7-13-31(17-20)26(32)24-16-25(27(2,3)4)29-30(24)5/h9-12,14-16,20H,7-8,13,17H2,1-6H3. The van der Waals surface area contributed by atoms with Gasteiger partial charge in [-0.2, -0.15) is 5.10 Å². The Morgan fingerprint density at radius 2 is 1.82 bits per heavy atom. The molecule has 0 bridgehead atoms. The average molecular weight is 447 g/mol. The molecule has 1 aromatic carbocycles. The smallest absolute Gasteiger partial charge is 0.272 e. The predicted molar refractivity (Wildman–Crippen MR) is 131 cm³/mol. The third-order valence-electron chi connectivity index (χ3n) is 6.39. The summed E-state index contributed by atoms with van der Waals surface area (Å²) in [5.74, 6) is 1.11. The summed E-state index contributed by atoms with van der Waals surface area (Å²) in [6.45, 7) is 9.82. The van der Waals surface area contributed by atoms with Crippen LogP contribution in [0.3, 0.4) is 0 Å². The van der Waals surface area contributed by atoms with Crippen LogP contribution < -0.4 is 4.74 Å². The van der Waals surface area contributed by atoms with Gasteiger partial charge in [0.05, 0.1) is 12.8 Å². The Labute approximate surface area is 196 Å². The fraction of sp³-hybridized carbons (Fsp3) is 0.444. The van der Waals surface area contributed by atoms with Gasteiger partial charge in [0.15, 0.2) is 0 Å². The van der Waals surface area contributed by atoms with Gasteiger partial charge in [-0.05, 0) is 61.2 Å². The van der Waals surface area contributed by atoms with Crippen molar-refractivity contribution in [2.45, 2.75) is 51.9 Å². The van der Waals surface area contributed by atoms with Crippen molar-refractivity contribution in [3.63, 3.8) is 0 Å². The van der Waals surface area contributed by atoms with E-state index in [0.29, 0.717) is 12.2 Å². The second-order valence-electron chi connectivity index (χ2n) is 10.0. The summed E-state index contributed by atoms with van der Waals surface area (Å²) in [6.07, 6.45) is 1.99. The second kappa shape index (κ2) is 9.00. The van der Waals surface area contributed by atoms with Gasteiger partial charge in [0.2, 0.25) is 0 Å². The molecule has 0 spiro atoms. The molecule has 1 fully saturated rings. The lowest BCUT2D eigenvalue weighted by molar-refractivity contribution is 0.0694. The normalized spacial score (nSPS) is 16.7. The summed E-state index contributed by atoms with van der Waals surface area (Å²) in [6, 6.07) is 14.3. The fourth-order valence-corrected chi connectivity index (χ4v) is 4.45. The van der Waals surface area contributed by atoms with E-state index < -0.39 is 0 Å². The number of carbonyl (C=O) groups excluding carboxylic acids is 1. The van der Waals surface area contributed by atoms with Crippen LogP contribution in [0.25, 0.3) is 11.1 Å². The molecular weight excluding hydrogens is 412 g/mol. The molecule has 3 heterocycles.